The summed E-state index contributed by atoms with van der Waals surface area (Å²) in [5.74, 6) is -0.106. The largest absolute Gasteiger partial charge is 0.463 e. The van der Waals surface area contributed by atoms with Gasteiger partial charge < -0.3 is 15.5 Å². The normalized spacial score (nSPS) is 18.1. The van der Waals surface area contributed by atoms with Crippen LogP contribution in [0, 0.1) is 0 Å². The first-order valence-corrected chi connectivity index (χ1v) is 7.21. The van der Waals surface area contributed by atoms with Crippen LogP contribution in [-0.2, 0) is 0 Å². The Balaban J connectivity index is 1.70. The lowest BCUT2D eigenvalue weighted by molar-refractivity contribution is 0.0938. The number of carbonyl (C=O) groups is 1. The molecule has 1 aliphatic rings. The summed E-state index contributed by atoms with van der Waals surface area (Å²) in [5.41, 5.74) is 7.41. The SMILES string of the molecule is NC1(CNC(=O)c2coc3ccccc23)CCCCC1. The van der Waals surface area contributed by atoms with E-state index in [1.165, 1.54) is 12.7 Å². The van der Waals surface area contributed by atoms with Gasteiger partial charge in [0.1, 0.15) is 11.8 Å². The van der Waals surface area contributed by atoms with Crippen molar-refractivity contribution < 1.29 is 9.21 Å². The molecular weight excluding hydrogens is 252 g/mol. The van der Waals surface area contributed by atoms with Gasteiger partial charge in [0.2, 0.25) is 0 Å². The fourth-order valence-electron chi connectivity index (χ4n) is 2.94. The average Bonchev–Trinajstić information content (AvgIpc) is 2.90. The van der Waals surface area contributed by atoms with Gasteiger partial charge in [-0.25, -0.2) is 0 Å². The van der Waals surface area contributed by atoms with Gasteiger partial charge in [-0.1, -0.05) is 37.5 Å². The van der Waals surface area contributed by atoms with E-state index in [1.54, 1.807) is 0 Å². The van der Waals surface area contributed by atoms with Crippen molar-refractivity contribution in [3.63, 3.8) is 0 Å². The number of nitrogens with one attached hydrogen (secondary N) is 1. The number of carbonyl (C=O) groups excluding carboxylic acids is 1. The van der Waals surface area contributed by atoms with Gasteiger partial charge in [-0.3, -0.25) is 4.79 Å². The maximum atomic E-state index is 12.3. The highest BCUT2D eigenvalue weighted by molar-refractivity contribution is 6.05. The summed E-state index contributed by atoms with van der Waals surface area (Å²) in [6.45, 7) is 0.533. The van der Waals surface area contributed by atoms with E-state index in [0.29, 0.717) is 12.1 Å². The van der Waals surface area contributed by atoms with Gasteiger partial charge in [-0.15, -0.1) is 0 Å². The second-order valence-corrected chi connectivity index (χ2v) is 5.75. The standard InChI is InChI=1S/C16H20N2O2/c17-16(8-4-1-5-9-16)11-18-15(19)13-10-20-14-7-3-2-6-12(13)14/h2-3,6-7,10H,1,4-5,8-9,11,17H2,(H,18,19). The minimum absolute atomic E-state index is 0.106. The van der Waals surface area contributed by atoms with E-state index in [-0.39, 0.29) is 11.4 Å². The quantitative estimate of drug-likeness (QED) is 0.902. The van der Waals surface area contributed by atoms with Gasteiger partial charge in [0.05, 0.1) is 5.56 Å². The minimum Gasteiger partial charge on any atom is -0.463 e. The molecule has 106 valence electrons. The molecule has 0 radical (unpaired) electrons. The molecule has 2 aromatic rings. The van der Waals surface area contributed by atoms with E-state index >= 15 is 0 Å². The number of rotatable bonds is 3. The lowest BCUT2D eigenvalue weighted by atomic mass is 9.82. The Hall–Kier alpha value is -1.81. The van der Waals surface area contributed by atoms with Crippen LogP contribution in [0.25, 0.3) is 11.0 Å². The van der Waals surface area contributed by atoms with Crippen LogP contribution in [0.4, 0.5) is 0 Å². The summed E-state index contributed by atoms with van der Waals surface area (Å²) >= 11 is 0. The molecule has 0 bridgehead atoms. The van der Waals surface area contributed by atoms with Crippen molar-refractivity contribution in [3.8, 4) is 0 Å². The zero-order valence-electron chi connectivity index (χ0n) is 11.5. The number of para-hydroxylation sites is 1. The number of benzene rings is 1. The third-order valence-corrected chi connectivity index (χ3v) is 4.18. The van der Waals surface area contributed by atoms with Crippen LogP contribution in [0.1, 0.15) is 42.5 Å². The molecule has 3 rings (SSSR count). The van der Waals surface area contributed by atoms with Crippen molar-refractivity contribution in [2.45, 2.75) is 37.6 Å². The van der Waals surface area contributed by atoms with Crippen molar-refractivity contribution in [2.24, 2.45) is 5.73 Å². The molecule has 4 nitrogen and oxygen atoms in total. The highest BCUT2D eigenvalue weighted by Crippen LogP contribution is 2.25. The van der Waals surface area contributed by atoms with Crippen LogP contribution in [0.2, 0.25) is 0 Å². The fraction of sp³-hybridized carbons (Fsp3) is 0.438. The van der Waals surface area contributed by atoms with E-state index in [4.69, 9.17) is 10.2 Å². The summed E-state index contributed by atoms with van der Waals surface area (Å²) in [6, 6.07) is 7.55. The summed E-state index contributed by atoms with van der Waals surface area (Å²) in [5, 5.41) is 3.81. The predicted molar refractivity (Wildman–Crippen MR) is 78.6 cm³/mol. The lowest BCUT2D eigenvalue weighted by Crippen LogP contribution is -2.51. The minimum atomic E-state index is -0.243. The second-order valence-electron chi connectivity index (χ2n) is 5.75. The third kappa shape index (κ3) is 2.56. The van der Waals surface area contributed by atoms with Crippen LogP contribution in [0.5, 0.6) is 0 Å². The molecule has 0 aliphatic heterocycles. The Kier molecular flexibility index (Phi) is 3.49. The molecule has 0 saturated heterocycles. The highest BCUT2D eigenvalue weighted by atomic mass is 16.3. The van der Waals surface area contributed by atoms with Crippen LogP contribution in [-0.4, -0.2) is 18.0 Å². The van der Waals surface area contributed by atoms with Gasteiger partial charge >= 0.3 is 0 Å². The Morgan fingerprint density at radius 1 is 1.25 bits per heavy atom. The molecule has 1 aliphatic carbocycles. The molecule has 0 unspecified atom stereocenters. The number of fused-ring (bicyclic) bond motifs is 1. The average molecular weight is 272 g/mol. The van der Waals surface area contributed by atoms with E-state index in [9.17, 15) is 4.79 Å². The summed E-state index contributed by atoms with van der Waals surface area (Å²) in [6.07, 6.45) is 7.05. The number of amides is 1. The van der Waals surface area contributed by atoms with Gasteiger partial charge in [-0.05, 0) is 18.9 Å². The molecule has 1 fully saturated rings. The van der Waals surface area contributed by atoms with E-state index in [0.717, 1.165) is 36.7 Å². The van der Waals surface area contributed by atoms with Gasteiger partial charge in [0.15, 0.2) is 0 Å². The van der Waals surface area contributed by atoms with E-state index < -0.39 is 0 Å². The highest BCUT2D eigenvalue weighted by Gasteiger charge is 2.28. The molecule has 4 heteroatoms. The molecule has 1 saturated carbocycles. The Morgan fingerprint density at radius 2 is 2.00 bits per heavy atom. The van der Waals surface area contributed by atoms with Crippen molar-refractivity contribution in [3.05, 3.63) is 36.1 Å². The van der Waals surface area contributed by atoms with Crippen molar-refractivity contribution >= 4 is 16.9 Å². The summed E-state index contributed by atoms with van der Waals surface area (Å²) in [4.78, 5) is 12.3. The van der Waals surface area contributed by atoms with Crippen LogP contribution in [0.3, 0.4) is 0 Å². The number of furan rings is 1. The van der Waals surface area contributed by atoms with Crippen molar-refractivity contribution in [2.75, 3.05) is 6.54 Å². The Bertz CT molecular complexity index is 612. The Morgan fingerprint density at radius 3 is 2.80 bits per heavy atom. The van der Waals surface area contributed by atoms with Gasteiger partial charge in [-0.2, -0.15) is 0 Å². The molecule has 20 heavy (non-hydrogen) atoms. The fourth-order valence-corrected chi connectivity index (χ4v) is 2.94. The van der Waals surface area contributed by atoms with Crippen molar-refractivity contribution in [1.29, 1.82) is 0 Å². The van der Waals surface area contributed by atoms with Crippen LogP contribution in [0.15, 0.2) is 34.9 Å². The van der Waals surface area contributed by atoms with Gasteiger partial charge in [0, 0.05) is 17.5 Å². The molecule has 1 amide bonds. The smallest absolute Gasteiger partial charge is 0.255 e. The second kappa shape index (κ2) is 5.29. The monoisotopic (exact) mass is 272 g/mol. The Labute approximate surface area is 118 Å². The first-order chi connectivity index (χ1) is 9.68. The molecule has 3 N–H and O–H groups in total. The zero-order chi connectivity index (χ0) is 14.0. The molecule has 1 aromatic carbocycles. The molecule has 1 heterocycles. The number of hydrogen-bond acceptors (Lipinski definition) is 3. The molecule has 0 atom stereocenters. The molecule has 0 spiro atoms. The number of hydrogen-bond donors (Lipinski definition) is 2. The molecule has 1 aromatic heterocycles. The lowest BCUT2D eigenvalue weighted by Gasteiger charge is -2.33. The molecular formula is C16H20N2O2. The maximum absolute atomic E-state index is 12.3. The van der Waals surface area contributed by atoms with E-state index in [2.05, 4.69) is 5.32 Å². The van der Waals surface area contributed by atoms with Crippen molar-refractivity contribution in [1.82, 2.24) is 5.32 Å². The third-order valence-electron chi connectivity index (χ3n) is 4.18. The van der Waals surface area contributed by atoms with Crippen LogP contribution >= 0.6 is 0 Å². The number of nitrogens with two attached hydrogens (primary N) is 1. The first kappa shape index (κ1) is 13.2. The maximum Gasteiger partial charge on any atom is 0.255 e. The van der Waals surface area contributed by atoms with E-state index in [1.807, 2.05) is 24.3 Å². The van der Waals surface area contributed by atoms with Crippen LogP contribution < -0.4 is 11.1 Å². The van der Waals surface area contributed by atoms with Gasteiger partial charge in [0.25, 0.3) is 5.91 Å². The zero-order valence-corrected chi connectivity index (χ0v) is 11.5. The topological polar surface area (TPSA) is 68.3 Å². The first-order valence-electron chi connectivity index (χ1n) is 7.21. The summed E-state index contributed by atoms with van der Waals surface area (Å²) < 4.78 is 5.40. The predicted octanol–water partition coefficient (Wildman–Crippen LogP) is 2.82. The summed E-state index contributed by atoms with van der Waals surface area (Å²) in [7, 11) is 0.